The molecular weight excluding hydrogens is 182 g/mol. The summed E-state index contributed by atoms with van der Waals surface area (Å²) in [6.45, 7) is 0.611. The number of H-pyrrole nitrogens is 2. The fourth-order valence-corrected chi connectivity index (χ4v) is 1.35. The van der Waals surface area contributed by atoms with Crippen molar-refractivity contribution >= 4 is 11.0 Å². The van der Waals surface area contributed by atoms with Crippen molar-refractivity contribution in [1.82, 2.24) is 15.4 Å². The van der Waals surface area contributed by atoms with Crippen LogP contribution in [0, 0.1) is 0 Å². The van der Waals surface area contributed by atoms with E-state index in [9.17, 15) is 4.79 Å². The Kier molecular flexibility index (Phi) is 2.34. The Balaban J connectivity index is 2.35. The SMILES string of the molecule is CONCc1ccc2[nH]c(=O)[nH]c2c1. The minimum absolute atomic E-state index is 0.183. The van der Waals surface area contributed by atoms with Crippen LogP contribution in [0.2, 0.25) is 0 Å². The molecule has 1 aromatic heterocycles. The second kappa shape index (κ2) is 3.65. The molecule has 1 heterocycles. The zero-order valence-electron chi connectivity index (χ0n) is 7.76. The van der Waals surface area contributed by atoms with E-state index in [1.54, 1.807) is 7.11 Å². The topological polar surface area (TPSA) is 69.9 Å². The summed E-state index contributed by atoms with van der Waals surface area (Å²) in [5, 5.41) is 0. The van der Waals surface area contributed by atoms with Crippen molar-refractivity contribution in [2.75, 3.05) is 7.11 Å². The smallest absolute Gasteiger partial charge is 0.306 e. The van der Waals surface area contributed by atoms with Gasteiger partial charge in [-0.3, -0.25) is 0 Å². The Hall–Kier alpha value is -1.59. The van der Waals surface area contributed by atoms with Gasteiger partial charge in [0.05, 0.1) is 18.1 Å². The molecule has 5 heteroatoms. The molecule has 0 radical (unpaired) electrons. The van der Waals surface area contributed by atoms with Crippen molar-refractivity contribution in [3.05, 3.63) is 34.2 Å². The number of nitrogens with one attached hydrogen (secondary N) is 3. The van der Waals surface area contributed by atoms with E-state index in [0.717, 1.165) is 16.6 Å². The van der Waals surface area contributed by atoms with Crippen molar-refractivity contribution < 1.29 is 4.84 Å². The highest BCUT2D eigenvalue weighted by molar-refractivity contribution is 5.74. The molecule has 2 aromatic rings. The molecule has 0 aliphatic heterocycles. The number of hydrogen-bond donors (Lipinski definition) is 3. The maximum Gasteiger partial charge on any atom is 0.323 e. The molecule has 0 fully saturated rings. The molecule has 3 N–H and O–H groups in total. The zero-order chi connectivity index (χ0) is 9.97. The molecule has 14 heavy (non-hydrogen) atoms. The van der Waals surface area contributed by atoms with Gasteiger partial charge in [0.15, 0.2) is 0 Å². The molecule has 2 rings (SSSR count). The van der Waals surface area contributed by atoms with Crippen LogP contribution in [-0.2, 0) is 11.4 Å². The molecule has 0 spiro atoms. The number of fused-ring (bicyclic) bond motifs is 1. The van der Waals surface area contributed by atoms with E-state index in [0.29, 0.717) is 6.54 Å². The fraction of sp³-hybridized carbons (Fsp3) is 0.222. The standard InChI is InChI=1S/C9H11N3O2/c1-14-10-5-6-2-3-7-8(4-6)12-9(13)11-7/h2-4,10H,5H2,1H3,(H2,11,12,13). The monoisotopic (exact) mass is 193 g/mol. The molecule has 0 saturated heterocycles. The highest BCUT2D eigenvalue weighted by Gasteiger charge is 1.98. The molecule has 0 amide bonds. The van der Waals surface area contributed by atoms with Gasteiger partial charge in [-0.05, 0) is 17.7 Å². The van der Waals surface area contributed by atoms with Crippen LogP contribution in [0.15, 0.2) is 23.0 Å². The number of hydrogen-bond acceptors (Lipinski definition) is 3. The summed E-state index contributed by atoms with van der Waals surface area (Å²) in [4.78, 5) is 21.1. The maximum atomic E-state index is 11.0. The van der Waals surface area contributed by atoms with Crippen LogP contribution in [0.1, 0.15) is 5.56 Å². The van der Waals surface area contributed by atoms with E-state index in [2.05, 4.69) is 15.4 Å². The summed E-state index contributed by atoms with van der Waals surface area (Å²) in [7, 11) is 1.57. The van der Waals surface area contributed by atoms with Gasteiger partial charge in [-0.1, -0.05) is 6.07 Å². The average Bonchev–Trinajstić information content (AvgIpc) is 2.54. The summed E-state index contributed by atoms with van der Waals surface area (Å²) >= 11 is 0. The number of rotatable bonds is 3. The van der Waals surface area contributed by atoms with E-state index in [4.69, 9.17) is 4.84 Å². The van der Waals surface area contributed by atoms with Crippen molar-refractivity contribution in [2.45, 2.75) is 6.54 Å². The highest BCUT2D eigenvalue weighted by Crippen LogP contribution is 2.09. The Bertz CT molecular complexity index is 486. The lowest BCUT2D eigenvalue weighted by atomic mass is 10.2. The molecule has 0 aliphatic carbocycles. The minimum atomic E-state index is -0.183. The number of aromatic amines is 2. The van der Waals surface area contributed by atoms with Gasteiger partial charge in [-0.25, -0.2) is 4.79 Å². The van der Waals surface area contributed by atoms with Crippen LogP contribution in [-0.4, -0.2) is 17.1 Å². The van der Waals surface area contributed by atoms with Crippen LogP contribution < -0.4 is 11.2 Å². The first kappa shape index (κ1) is 8.98. The van der Waals surface area contributed by atoms with E-state index >= 15 is 0 Å². The van der Waals surface area contributed by atoms with E-state index in [1.807, 2.05) is 18.2 Å². The zero-order valence-corrected chi connectivity index (χ0v) is 7.76. The third-order valence-electron chi connectivity index (χ3n) is 2.00. The first-order valence-corrected chi connectivity index (χ1v) is 4.26. The molecule has 1 aromatic carbocycles. The van der Waals surface area contributed by atoms with Gasteiger partial charge in [-0.15, -0.1) is 0 Å². The number of hydroxylamine groups is 1. The van der Waals surface area contributed by atoms with Crippen LogP contribution in [0.5, 0.6) is 0 Å². The number of aromatic nitrogens is 2. The first-order chi connectivity index (χ1) is 6.79. The average molecular weight is 193 g/mol. The molecule has 5 nitrogen and oxygen atoms in total. The normalized spacial score (nSPS) is 10.9. The maximum absolute atomic E-state index is 11.0. The van der Waals surface area contributed by atoms with E-state index in [-0.39, 0.29) is 5.69 Å². The van der Waals surface area contributed by atoms with Crippen LogP contribution in [0.25, 0.3) is 11.0 Å². The molecule has 0 bridgehead atoms. The third kappa shape index (κ3) is 1.68. The van der Waals surface area contributed by atoms with Crippen molar-refractivity contribution in [2.24, 2.45) is 0 Å². The second-order valence-electron chi connectivity index (χ2n) is 2.98. The first-order valence-electron chi connectivity index (χ1n) is 4.26. The number of imidazole rings is 1. The number of benzene rings is 1. The molecule has 0 unspecified atom stereocenters. The van der Waals surface area contributed by atoms with Crippen LogP contribution >= 0.6 is 0 Å². The van der Waals surface area contributed by atoms with Gasteiger partial charge in [0.1, 0.15) is 0 Å². The highest BCUT2D eigenvalue weighted by atomic mass is 16.6. The molecule has 74 valence electrons. The summed E-state index contributed by atoms with van der Waals surface area (Å²) in [6, 6.07) is 5.69. The molecule has 0 saturated carbocycles. The Labute approximate surface area is 80.1 Å². The predicted octanol–water partition coefficient (Wildman–Crippen LogP) is 0.507. The van der Waals surface area contributed by atoms with Crippen molar-refractivity contribution in [1.29, 1.82) is 0 Å². The second-order valence-corrected chi connectivity index (χ2v) is 2.98. The predicted molar refractivity (Wildman–Crippen MR) is 52.8 cm³/mol. The van der Waals surface area contributed by atoms with Gasteiger partial charge in [0.25, 0.3) is 0 Å². The Morgan fingerprint density at radius 3 is 2.93 bits per heavy atom. The molecular formula is C9H11N3O2. The quantitative estimate of drug-likeness (QED) is 0.622. The summed E-state index contributed by atoms with van der Waals surface area (Å²) in [5.74, 6) is 0. The lowest BCUT2D eigenvalue weighted by Gasteiger charge is -2.01. The summed E-state index contributed by atoms with van der Waals surface area (Å²) < 4.78 is 0. The van der Waals surface area contributed by atoms with E-state index < -0.39 is 0 Å². The minimum Gasteiger partial charge on any atom is -0.306 e. The van der Waals surface area contributed by atoms with Crippen LogP contribution in [0.3, 0.4) is 0 Å². The lowest BCUT2D eigenvalue weighted by molar-refractivity contribution is 0.0867. The van der Waals surface area contributed by atoms with Gasteiger partial charge in [-0.2, -0.15) is 5.48 Å². The molecule has 0 aliphatic rings. The summed E-state index contributed by atoms with van der Waals surface area (Å²) in [5.41, 5.74) is 5.23. The van der Waals surface area contributed by atoms with Crippen LogP contribution in [0.4, 0.5) is 0 Å². The van der Waals surface area contributed by atoms with Gasteiger partial charge >= 0.3 is 5.69 Å². The third-order valence-corrected chi connectivity index (χ3v) is 2.00. The van der Waals surface area contributed by atoms with Gasteiger partial charge in [0, 0.05) is 6.54 Å². The Morgan fingerprint density at radius 1 is 1.36 bits per heavy atom. The van der Waals surface area contributed by atoms with Crippen molar-refractivity contribution in [3.63, 3.8) is 0 Å². The summed E-state index contributed by atoms with van der Waals surface area (Å²) in [6.07, 6.45) is 0. The molecule has 0 atom stereocenters. The van der Waals surface area contributed by atoms with Gasteiger partial charge in [0.2, 0.25) is 0 Å². The Morgan fingerprint density at radius 2 is 2.14 bits per heavy atom. The lowest BCUT2D eigenvalue weighted by Crippen LogP contribution is -2.10. The largest absolute Gasteiger partial charge is 0.323 e. The van der Waals surface area contributed by atoms with Gasteiger partial charge < -0.3 is 14.8 Å². The van der Waals surface area contributed by atoms with E-state index in [1.165, 1.54) is 0 Å². The van der Waals surface area contributed by atoms with Crippen molar-refractivity contribution in [3.8, 4) is 0 Å². The fourth-order valence-electron chi connectivity index (χ4n) is 1.35.